The highest BCUT2D eigenvalue weighted by molar-refractivity contribution is 7.13. The standard InChI is InChI=1S/C22H25N3O2S/c1-16-7-4-5-11-25(16)14-18-9-3-2-8-17(18)13-23-22(26)20-21(27-15-24-20)19-10-6-12-28-19/h2-3,6,8-10,12,15-16H,4-5,7,11,13-14H2,1H3,(H,23,26). The minimum atomic E-state index is -0.210. The van der Waals surface area contributed by atoms with Gasteiger partial charge in [-0.15, -0.1) is 11.3 Å². The van der Waals surface area contributed by atoms with E-state index in [2.05, 4.69) is 40.3 Å². The van der Waals surface area contributed by atoms with Gasteiger partial charge in [0.25, 0.3) is 5.91 Å². The van der Waals surface area contributed by atoms with Gasteiger partial charge in [-0.05, 0) is 48.9 Å². The van der Waals surface area contributed by atoms with Crippen molar-refractivity contribution in [3.8, 4) is 10.6 Å². The lowest BCUT2D eigenvalue weighted by molar-refractivity contribution is 0.0946. The third-order valence-corrected chi connectivity index (χ3v) is 6.27. The Bertz CT molecular complexity index is 920. The van der Waals surface area contributed by atoms with E-state index in [1.807, 2.05) is 23.6 Å². The number of oxazole rings is 1. The van der Waals surface area contributed by atoms with Crippen LogP contribution in [-0.4, -0.2) is 28.4 Å². The number of nitrogens with one attached hydrogen (secondary N) is 1. The summed E-state index contributed by atoms with van der Waals surface area (Å²) in [5.74, 6) is 0.321. The van der Waals surface area contributed by atoms with E-state index in [0.29, 0.717) is 24.0 Å². The molecule has 1 saturated heterocycles. The van der Waals surface area contributed by atoms with Crippen LogP contribution >= 0.6 is 11.3 Å². The molecule has 2 aromatic heterocycles. The summed E-state index contributed by atoms with van der Waals surface area (Å²) >= 11 is 1.53. The molecule has 5 nitrogen and oxygen atoms in total. The molecular weight excluding hydrogens is 370 g/mol. The summed E-state index contributed by atoms with van der Waals surface area (Å²) in [4.78, 5) is 20.3. The van der Waals surface area contributed by atoms with Crippen LogP contribution in [0.1, 0.15) is 47.8 Å². The fraction of sp³-hybridized carbons (Fsp3) is 0.364. The smallest absolute Gasteiger partial charge is 0.274 e. The number of nitrogens with zero attached hydrogens (tertiary/aromatic N) is 2. The van der Waals surface area contributed by atoms with Gasteiger partial charge in [0, 0.05) is 19.1 Å². The molecule has 6 heteroatoms. The predicted octanol–water partition coefficient (Wildman–Crippen LogP) is 4.71. The molecule has 1 aliphatic heterocycles. The summed E-state index contributed by atoms with van der Waals surface area (Å²) in [6.45, 7) is 4.86. The molecule has 0 saturated carbocycles. The van der Waals surface area contributed by atoms with Crippen LogP contribution in [0.3, 0.4) is 0 Å². The van der Waals surface area contributed by atoms with Gasteiger partial charge in [-0.1, -0.05) is 36.8 Å². The first-order chi connectivity index (χ1) is 13.7. The number of likely N-dealkylation sites (tertiary alicyclic amines) is 1. The first-order valence-corrected chi connectivity index (χ1v) is 10.7. The number of piperidine rings is 1. The van der Waals surface area contributed by atoms with Gasteiger partial charge >= 0.3 is 0 Å². The lowest BCUT2D eigenvalue weighted by Gasteiger charge is -2.33. The normalized spacial score (nSPS) is 17.5. The molecule has 3 heterocycles. The average molecular weight is 396 g/mol. The van der Waals surface area contributed by atoms with Crippen LogP contribution in [0.4, 0.5) is 0 Å². The number of rotatable bonds is 6. The summed E-state index contributed by atoms with van der Waals surface area (Å²) in [6, 6.07) is 12.8. The number of amides is 1. The van der Waals surface area contributed by atoms with E-state index in [4.69, 9.17) is 4.42 Å². The van der Waals surface area contributed by atoms with E-state index in [1.165, 1.54) is 42.6 Å². The molecule has 1 aromatic carbocycles. The number of carbonyl (C=O) groups excluding carboxylic acids is 1. The molecule has 0 spiro atoms. The quantitative estimate of drug-likeness (QED) is 0.657. The van der Waals surface area contributed by atoms with Gasteiger partial charge in [0.15, 0.2) is 17.8 Å². The third kappa shape index (κ3) is 4.18. The Morgan fingerprint density at radius 1 is 1.25 bits per heavy atom. The number of hydrogen-bond donors (Lipinski definition) is 1. The number of aromatic nitrogens is 1. The molecule has 0 bridgehead atoms. The van der Waals surface area contributed by atoms with Gasteiger partial charge in [0.1, 0.15) is 0 Å². The summed E-state index contributed by atoms with van der Waals surface area (Å²) in [5, 5.41) is 4.97. The monoisotopic (exact) mass is 395 g/mol. The first kappa shape index (κ1) is 18.9. The minimum absolute atomic E-state index is 0.210. The summed E-state index contributed by atoms with van der Waals surface area (Å²) < 4.78 is 5.45. The van der Waals surface area contributed by atoms with Crippen LogP contribution < -0.4 is 5.32 Å². The predicted molar refractivity (Wildman–Crippen MR) is 111 cm³/mol. The molecule has 1 amide bonds. The molecule has 146 valence electrons. The minimum Gasteiger partial charge on any atom is -0.442 e. The molecule has 28 heavy (non-hydrogen) atoms. The summed E-state index contributed by atoms with van der Waals surface area (Å²) in [7, 11) is 0. The van der Waals surface area contributed by atoms with E-state index >= 15 is 0 Å². The zero-order valence-electron chi connectivity index (χ0n) is 16.1. The zero-order valence-corrected chi connectivity index (χ0v) is 16.9. The van der Waals surface area contributed by atoms with E-state index in [9.17, 15) is 4.79 Å². The molecule has 1 atom stereocenters. The molecule has 0 aliphatic carbocycles. The van der Waals surface area contributed by atoms with Gasteiger partial charge < -0.3 is 9.73 Å². The lowest BCUT2D eigenvalue weighted by Crippen LogP contribution is -2.37. The second kappa shape index (κ2) is 8.71. The van der Waals surface area contributed by atoms with E-state index in [0.717, 1.165) is 23.5 Å². The maximum Gasteiger partial charge on any atom is 0.274 e. The highest BCUT2D eigenvalue weighted by Crippen LogP contribution is 2.27. The number of carbonyl (C=O) groups is 1. The van der Waals surface area contributed by atoms with Gasteiger partial charge in [-0.25, -0.2) is 4.98 Å². The van der Waals surface area contributed by atoms with Crippen molar-refractivity contribution in [2.45, 2.75) is 45.3 Å². The molecule has 4 rings (SSSR count). The van der Waals surface area contributed by atoms with Gasteiger partial charge in [0.05, 0.1) is 4.88 Å². The summed E-state index contributed by atoms with van der Waals surface area (Å²) in [6.07, 6.45) is 5.17. The molecule has 0 radical (unpaired) electrons. The van der Waals surface area contributed by atoms with Crippen LogP contribution in [-0.2, 0) is 13.1 Å². The fourth-order valence-electron chi connectivity index (χ4n) is 3.75. The number of hydrogen-bond acceptors (Lipinski definition) is 5. The Morgan fingerprint density at radius 2 is 2.11 bits per heavy atom. The molecule has 3 aromatic rings. The largest absolute Gasteiger partial charge is 0.442 e. The van der Waals surface area contributed by atoms with Crippen molar-refractivity contribution in [2.75, 3.05) is 6.54 Å². The van der Waals surface area contributed by atoms with Crippen molar-refractivity contribution in [3.05, 3.63) is 65.0 Å². The van der Waals surface area contributed by atoms with Crippen molar-refractivity contribution in [3.63, 3.8) is 0 Å². The SMILES string of the molecule is CC1CCCCN1Cc1ccccc1CNC(=O)c1ncoc1-c1cccs1. The van der Waals surface area contributed by atoms with Crippen LogP contribution in [0.5, 0.6) is 0 Å². The Hall–Kier alpha value is -2.44. The van der Waals surface area contributed by atoms with Crippen LogP contribution in [0, 0.1) is 0 Å². The second-order valence-corrected chi connectivity index (χ2v) is 8.22. The van der Waals surface area contributed by atoms with Crippen LogP contribution in [0.15, 0.2) is 52.6 Å². The molecule has 1 fully saturated rings. The number of thiophene rings is 1. The van der Waals surface area contributed by atoms with E-state index < -0.39 is 0 Å². The highest BCUT2D eigenvalue weighted by Gasteiger charge is 2.21. The first-order valence-electron chi connectivity index (χ1n) is 9.79. The Balaban J connectivity index is 1.44. The topological polar surface area (TPSA) is 58.4 Å². The van der Waals surface area contributed by atoms with Crippen LogP contribution in [0.25, 0.3) is 10.6 Å². The molecule has 1 aliphatic rings. The van der Waals surface area contributed by atoms with Gasteiger partial charge in [0.2, 0.25) is 0 Å². The maximum atomic E-state index is 12.7. The third-order valence-electron chi connectivity index (χ3n) is 5.40. The van der Waals surface area contributed by atoms with Crippen molar-refractivity contribution in [1.82, 2.24) is 15.2 Å². The van der Waals surface area contributed by atoms with Crippen molar-refractivity contribution >= 4 is 17.2 Å². The molecule has 1 unspecified atom stereocenters. The second-order valence-electron chi connectivity index (χ2n) is 7.27. The number of benzene rings is 1. The van der Waals surface area contributed by atoms with E-state index in [-0.39, 0.29) is 5.91 Å². The van der Waals surface area contributed by atoms with Gasteiger partial charge in [-0.2, -0.15) is 0 Å². The van der Waals surface area contributed by atoms with Gasteiger partial charge in [-0.3, -0.25) is 9.69 Å². The Kier molecular flexibility index (Phi) is 5.88. The molecular formula is C22H25N3O2S. The molecule has 1 N–H and O–H groups in total. The summed E-state index contributed by atoms with van der Waals surface area (Å²) in [5.41, 5.74) is 2.76. The Morgan fingerprint density at radius 3 is 2.89 bits per heavy atom. The van der Waals surface area contributed by atoms with E-state index in [1.54, 1.807) is 0 Å². The average Bonchev–Trinajstić information content (AvgIpc) is 3.40. The zero-order chi connectivity index (χ0) is 19.3. The highest BCUT2D eigenvalue weighted by atomic mass is 32.1. The van der Waals surface area contributed by atoms with Crippen molar-refractivity contribution < 1.29 is 9.21 Å². The van der Waals surface area contributed by atoms with Crippen LogP contribution in [0.2, 0.25) is 0 Å². The Labute approximate surface area is 169 Å². The lowest BCUT2D eigenvalue weighted by atomic mass is 10.0. The van der Waals surface area contributed by atoms with Crippen molar-refractivity contribution in [1.29, 1.82) is 0 Å². The fourth-order valence-corrected chi connectivity index (χ4v) is 4.46. The van der Waals surface area contributed by atoms with Crippen molar-refractivity contribution in [2.24, 2.45) is 0 Å². The maximum absolute atomic E-state index is 12.7.